The van der Waals surface area contributed by atoms with E-state index in [-0.39, 0.29) is 12.3 Å². The lowest BCUT2D eigenvalue weighted by Crippen LogP contribution is -2.32. The molecule has 0 radical (unpaired) electrons. The number of aromatic nitrogens is 5. The summed E-state index contributed by atoms with van der Waals surface area (Å²) < 4.78 is 23.0. The molecule has 0 bridgehead atoms. The second-order valence-corrected chi connectivity index (χ2v) is 8.93. The lowest BCUT2D eigenvalue weighted by atomic mass is 9.90. The molecule has 0 unspecified atom stereocenters. The van der Waals surface area contributed by atoms with Gasteiger partial charge in [0.15, 0.2) is 11.6 Å². The highest BCUT2D eigenvalue weighted by Crippen LogP contribution is 2.33. The van der Waals surface area contributed by atoms with Gasteiger partial charge in [0.25, 0.3) is 5.56 Å². The summed E-state index contributed by atoms with van der Waals surface area (Å²) in [6, 6.07) is 5.82. The van der Waals surface area contributed by atoms with E-state index >= 15 is 0 Å². The molecule has 1 aliphatic rings. The van der Waals surface area contributed by atoms with Crippen molar-refractivity contribution in [2.24, 2.45) is 5.92 Å². The quantitative estimate of drug-likeness (QED) is 0.392. The van der Waals surface area contributed by atoms with Crippen LogP contribution in [0.3, 0.4) is 0 Å². The lowest BCUT2D eigenvalue weighted by molar-refractivity contribution is 0.00940. The molecule has 182 valence electrons. The van der Waals surface area contributed by atoms with E-state index in [0.29, 0.717) is 37.5 Å². The zero-order valence-corrected chi connectivity index (χ0v) is 19.2. The molecule has 10 heteroatoms. The molecule has 2 aromatic heterocycles. The predicted molar refractivity (Wildman–Crippen MR) is 123 cm³/mol. The van der Waals surface area contributed by atoms with Crippen molar-refractivity contribution in [1.29, 1.82) is 0 Å². The molecule has 1 aromatic carbocycles. The zero-order valence-electron chi connectivity index (χ0n) is 19.2. The van der Waals surface area contributed by atoms with Crippen molar-refractivity contribution >= 4 is 0 Å². The Bertz CT molecular complexity index is 1230. The van der Waals surface area contributed by atoms with Crippen LogP contribution in [0.2, 0.25) is 0 Å². The fraction of sp³-hybridized carbons (Fsp3) is 0.500. The van der Waals surface area contributed by atoms with Crippen molar-refractivity contribution in [3.63, 3.8) is 0 Å². The summed E-state index contributed by atoms with van der Waals surface area (Å²) in [4.78, 5) is 25.2. The Morgan fingerprint density at radius 2 is 2.09 bits per heavy atom. The van der Waals surface area contributed by atoms with Crippen LogP contribution in [-0.4, -0.2) is 36.3 Å². The summed E-state index contributed by atoms with van der Waals surface area (Å²) in [7, 11) is 0. The molecule has 0 spiro atoms. The smallest absolute Gasteiger partial charge is 0.328 e. The van der Waals surface area contributed by atoms with E-state index in [1.54, 1.807) is 23.0 Å². The Balaban J connectivity index is 1.39. The Kier molecular flexibility index (Phi) is 7.26. The first kappa shape index (κ1) is 23.9. The largest absolute Gasteiger partial charge is 0.490 e. The maximum Gasteiger partial charge on any atom is 0.328 e. The summed E-state index contributed by atoms with van der Waals surface area (Å²) in [5, 5.41) is 19.6. The summed E-state index contributed by atoms with van der Waals surface area (Å²) in [5.74, 6) is 0.215. The van der Waals surface area contributed by atoms with Crippen LogP contribution >= 0.6 is 0 Å². The molecule has 1 atom stereocenters. The fourth-order valence-corrected chi connectivity index (χ4v) is 3.86. The first-order valence-electron chi connectivity index (χ1n) is 11.7. The van der Waals surface area contributed by atoms with E-state index in [4.69, 9.17) is 4.74 Å². The molecular formula is C24H30FN5O4. The second-order valence-electron chi connectivity index (χ2n) is 8.93. The number of ether oxygens (including phenoxy) is 1. The highest BCUT2D eigenvalue weighted by molar-refractivity contribution is 5.34. The number of aryl methyl sites for hydroxylation is 2. The molecule has 0 saturated heterocycles. The topological polar surface area (TPSA) is 115 Å². The van der Waals surface area contributed by atoms with Gasteiger partial charge in [0, 0.05) is 18.8 Å². The normalized spacial score (nSPS) is 15.3. The first-order valence-corrected chi connectivity index (χ1v) is 11.7. The second kappa shape index (κ2) is 10.3. The average molecular weight is 472 g/mol. The van der Waals surface area contributed by atoms with Gasteiger partial charge < -0.3 is 14.4 Å². The van der Waals surface area contributed by atoms with Crippen LogP contribution in [0.25, 0.3) is 0 Å². The van der Waals surface area contributed by atoms with Gasteiger partial charge in [-0.1, -0.05) is 18.2 Å². The van der Waals surface area contributed by atoms with Crippen molar-refractivity contribution in [3.05, 3.63) is 74.6 Å². The molecule has 3 aromatic rings. The Labute approximate surface area is 196 Å². The van der Waals surface area contributed by atoms with E-state index in [1.807, 2.05) is 6.92 Å². The fourth-order valence-electron chi connectivity index (χ4n) is 3.86. The van der Waals surface area contributed by atoms with Crippen molar-refractivity contribution in [2.45, 2.75) is 64.1 Å². The number of unbranched alkanes of at least 4 members (excludes halogenated alkanes) is 1. The minimum absolute atomic E-state index is 0.160. The molecule has 2 heterocycles. The van der Waals surface area contributed by atoms with Crippen molar-refractivity contribution in [3.8, 4) is 5.75 Å². The SMILES string of the molecule is CC[C@@](O)(Cn1nncc1CCCCn1ccc(=O)[nH]c1=O)c1ccc(F)c(OCC2CC2)c1. The van der Waals surface area contributed by atoms with Crippen LogP contribution in [0.1, 0.15) is 50.3 Å². The molecule has 1 aliphatic carbocycles. The number of hydrogen-bond acceptors (Lipinski definition) is 6. The highest BCUT2D eigenvalue weighted by atomic mass is 19.1. The van der Waals surface area contributed by atoms with E-state index in [9.17, 15) is 19.1 Å². The minimum atomic E-state index is -1.27. The molecular weight excluding hydrogens is 441 g/mol. The van der Waals surface area contributed by atoms with Gasteiger partial charge in [-0.05, 0) is 62.1 Å². The first-order chi connectivity index (χ1) is 16.4. The Hall–Kier alpha value is -3.27. The van der Waals surface area contributed by atoms with Crippen LogP contribution in [-0.2, 0) is 25.1 Å². The predicted octanol–water partition coefficient (Wildman–Crippen LogP) is 2.38. The molecule has 1 fully saturated rings. The minimum Gasteiger partial charge on any atom is -0.490 e. The molecule has 1 saturated carbocycles. The van der Waals surface area contributed by atoms with Crippen LogP contribution in [0.4, 0.5) is 4.39 Å². The van der Waals surface area contributed by atoms with Gasteiger partial charge in [0.05, 0.1) is 25.0 Å². The highest BCUT2D eigenvalue weighted by Gasteiger charge is 2.31. The molecule has 9 nitrogen and oxygen atoms in total. The maximum atomic E-state index is 14.2. The summed E-state index contributed by atoms with van der Waals surface area (Å²) in [6.45, 7) is 3.01. The molecule has 0 aliphatic heterocycles. The number of hydrogen-bond donors (Lipinski definition) is 2. The van der Waals surface area contributed by atoms with Crippen LogP contribution in [0, 0.1) is 11.7 Å². The number of nitrogens with zero attached hydrogens (tertiary/aromatic N) is 4. The van der Waals surface area contributed by atoms with Gasteiger partial charge in [-0.15, -0.1) is 5.10 Å². The van der Waals surface area contributed by atoms with Crippen molar-refractivity contribution < 1.29 is 14.2 Å². The average Bonchev–Trinajstić information content (AvgIpc) is 3.55. The third kappa shape index (κ3) is 5.80. The number of aromatic amines is 1. The lowest BCUT2D eigenvalue weighted by Gasteiger charge is -2.28. The number of rotatable bonds is 12. The molecule has 2 N–H and O–H groups in total. The van der Waals surface area contributed by atoms with E-state index in [1.165, 1.54) is 22.9 Å². The van der Waals surface area contributed by atoms with Gasteiger partial charge in [0.2, 0.25) is 0 Å². The summed E-state index contributed by atoms with van der Waals surface area (Å²) in [5.41, 5.74) is -0.680. The molecule has 34 heavy (non-hydrogen) atoms. The van der Waals surface area contributed by atoms with Gasteiger partial charge in [-0.25, -0.2) is 13.9 Å². The van der Waals surface area contributed by atoms with E-state index < -0.39 is 22.7 Å². The van der Waals surface area contributed by atoms with E-state index in [2.05, 4.69) is 15.3 Å². The number of aliphatic hydroxyl groups is 1. The Morgan fingerprint density at radius 1 is 1.26 bits per heavy atom. The van der Waals surface area contributed by atoms with E-state index in [0.717, 1.165) is 31.4 Å². The van der Waals surface area contributed by atoms with Gasteiger partial charge in [-0.3, -0.25) is 9.78 Å². The third-order valence-corrected chi connectivity index (χ3v) is 6.31. The van der Waals surface area contributed by atoms with Crippen molar-refractivity contribution in [1.82, 2.24) is 24.5 Å². The summed E-state index contributed by atoms with van der Waals surface area (Å²) in [6.07, 6.45) is 7.90. The van der Waals surface area contributed by atoms with Crippen molar-refractivity contribution in [2.75, 3.05) is 6.61 Å². The number of halogens is 1. The van der Waals surface area contributed by atoms with Crippen LogP contribution < -0.4 is 16.0 Å². The number of benzene rings is 1. The van der Waals surface area contributed by atoms with Gasteiger partial charge in [-0.2, -0.15) is 0 Å². The van der Waals surface area contributed by atoms with Gasteiger partial charge >= 0.3 is 5.69 Å². The molecule has 4 rings (SSSR count). The Morgan fingerprint density at radius 3 is 2.82 bits per heavy atom. The maximum absolute atomic E-state index is 14.2. The number of nitrogens with one attached hydrogen (secondary N) is 1. The van der Waals surface area contributed by atoms with Crippen LogP contribution in [0.5, 0.6) is 5.75 Å². The van der Waals surface area contributed by atoms with Gasteiger partial charge in [0.1, 0.15) is 5.60 Å². The molecule has 0 amide bonds. The zero-order chi connectivity index (χ0) is 24.1. The monoisotopic (exact) mass is 471 g/mol. The van der Waals surface area contributed by atoms with Crippen LogP contribution in [0.15, 0.2) is 46.2 Å². The summed E-state index contributed by atoms with van der Waals surface area (Å²) >= 11 is 0. The third-order valence-electron chi connectivity index (χ3n) is 6.31. The standard InChI is InChI=1S/C24H30FN5O4/c1-2-24(33,18-8-9-20(25)21(13-18)34-15-17-6-7-17)16-30-19(14-26-28-30)5-3-4-11-29-12-10-22(31)27-23(29)32/h8-10,12-14,17,33H,2-7,11,15-16H2,1H3,(H,27,31,32)/t24-/m1/s1. The number of H-pyrrole nitrogens is 1.